The Morgan fingerprint density at radius 2 is 1.53 bits per heavy atom. The van der Waals surface area contributed by atoms with Crippen molar-refractivity contribution < 1.29 is 19.5 Å². The van der Waals surface area contributed by atoms with Crippen molar-refractivity contribution in [2.24, 2.45) is 0 Å². The van der Waals surface area contributed by atoms with E-state index in [1.54, 1.807) is 30.3 Å². The van der Waals surface area contributed by atoms with Crippen molar-refractivity contribution in [2.45, 2.75) is 24.7 Å². The molecule has 0 aliphatic heterocycles. The molecule has 164 valence electrons. The fourth-order valence-electron chi connectivity index (χ4n) is 3.03. The van der Waals surface area contributed by atoms with Crippen LogP contribution < -0.4 is 10.6 Å². The molecule has 2 amide bonds. The zero-order valence-corrected chi connectivity index (χ0v) is 18.6. The highest BCUT2D eigenvalue weighted by atomic mass is 32.2. The van der Waals surface area contributed by atoms with Crippen LogP contribution in [-0.2, 0) is 4.79 Å². The lowest BCUT2D eigenvalue weighted by atomic mass is 10.0. The van der Waals surface area contributed by atoms with E-state index >= 15 is 0 Å². The molecule has 0 fully saturated rings. The molecule has 0 aromatic heterocycles. The Bertz CT molecular complexity index is 1130. The van der Waals surface area contributed by atoms with Crippen LogP contribution in [0.4, 0.5) is 11.4 Å². The molecule has 3 rings (SSSR count). The van der Waals surface area contributed by atoms with Crippen molar-refractivity contribution in [3.8, 4) is 0 Å². The van der Waals surface area contributed by atoms with Crippen LogP contribution >= 0.6 is 11.8 Å². The minimum Gasteiger partial charge on any atom is -0.478 e. The highest BCUT2D eigenvalue weighted by molar-refractivity contribution is 8.00. The van der Waals surface area contributed by atoms with Crippen molar-refractivity contribution in [1.82, 2.24) is 0 Å². The molecule has 0 aliphatic rings. The summed E-state index contributed by atoms with van der Waals surface area (Å²) in [6.07, 6.45) is 0. The first-order valence-electron chi connectivity index (χ1n) is 10.1. The molecule has 0 bridgehead atoms. The number of carboxylic acids is 1. The number of carbonyl (C=O) groups is 3. The van der Waals surface area contributed by atoms with Gasteiger partial charge >= 0.3 is 5.97 Å². The van der Waals surface area contributed by atoms with Crippen LogP contribution in [-0.4, -0.2) is 28.6 Å². The van der Waals surface area contributed by atoms with Crippen molar-refractivity contribution in [3.63, 3.8) is 0 Å². The van der Waals surface area contributed by atoms with Crippen LogP contribution in [0.25, 0.3) is 0 Å². The quantitative estimate of drug-likeness (QED) is 0.396. The van der Waals surface area contributed by atoms with Crippen LogP contribution in [0.5, 0.6) is 0 Å². The Labute approximate surface area is 191 Å². The van der Waals surface area contributed by atoms with Crippen molar-refractivity contribution >= 4 is 40.9 Å². The van der Waals surface area contributed by atoms with Crippen LogP contribution in [0.15, 0.2) is 77.7 Å². The first kappa shape index (κ1) is 23.1. The smallest absolute Gasteiger partial charge is 0.336 e. The molecular weight excluding hydrogens is 424 g/mol. The molecule has 3 N–H and O–H groups in total. The Hall–Kier alpha value is -3.58. The summed E-state index contributed by atoms with van der Waals surface area (Å²) in [5, 5.41) is 14.9. The van der Waals surface area contributed by atoms with Gasteiger partial charge in [-0.3, -0.25) is 9.59 Å². The summed E-state index contributed by atoms with van der Waals surface area (Å²) in [5.41, 5.74) is 2.50. The topological polar surface area (TPSA) is 95.5 Å². The maximum atomic E-state index is 12.5. The zero-order chi connectivity index (χ0) is 23.1. The van der Waals surface area contributed by atoms with Gasteiger partial charge in [0, 0.05) is 16.3 Å². The SMILES string of the molecule is CC(C)c1ccc(NC(=O)CSc2cccc(NC(=O)c3ccccc3C(=O)O)c2)cc1. The van der Waals surface area contributed by atoms with Gasteiger partial charge in [0.05, 0.1) is 16.9 Å². The highest BCUT2D eigenvalue weighted by Crippen LogP contribution is 2.23. The second kappa shape index (κ2) is 10.6. The lowest BCUT2D eigenvalue weighted by molar-refractivity contribution is -0.113. The second-order valence-corrected chi connectivity index (χ2v) is 8.50. The molecule has 0 atom stereocenters. The summed E-state index contributed by atoms with van der Waals surface area (Å²) >= 11 is 1.34. The summed E-state index contributed by atoms with van der Waals surface area (Å²) < 4.78 is 0. The predicted octanol–water partition coefficient (Wildman–Crippen LogP) is 5.49. The molecule has 3 aromatic rings. The maximum absolute atomic E-state index is 12.5. The number of carbonyl (C=O) groups excluding carboxylic acids is 2. The summed E-state index contributed by atoms with van der Waals surface area (Å²) in [4.78, 5) is 37.0. The van der Waals surface area contributed by atoms with Gasteiger partial charge < -0.3 is 15.7 Å². The first-order valence-corrected chi connectivity index (χ1v) is 11.1. The molecule has 3 aromatic carbocycles. The number of benzene rings is 3. The van der Waals surface area contributed by atoms with Crippen molar-refractivity contribution in [3.05, 3.63) is 89.5 Å². The third kappa shape index (κ3) is 6.21. The second-order valence-electron chi connectivity index (χ2n) is 7.45. The molecular formula is C25H24N2O4S. The van der Waals surface area contributed by atoms with Gasteiger partial charge in [0.15, 0.2) is 0 Å². The maximum Gasteiger partial charge on any atom is 0.336 e. The van der Waals surface area contributed by atoms with E-state index in [-0.39, 0.29) is 22.8 Å². The van der Waals surface area contributed by atoms with E-state index in [1.807, 2.05) is 30.3 Å². The average Bonchev–Trinajstić information content (AvgIpc) is 2.78. The van der Waals surface area contributed by atoms with Gasteiger partial charge in [-0.25, -0.2) is 4.79 Å². The molecule has 7 heteroatoms. The Morgan fingerprint density at radius 3 is 2.19 bits per heavy atom. The fourth-order valence-corrected chi connectivity index (χ4v) is 3.78. The largest absolute Gasteiger partial charge is 0.478 e. The number of anilines is 2. The van der Waals surface area contributed by atoms with E-state index in [9.17, 15) is 19.5 Å². The van der Waals surface area contributed by atoms with Gasteiger partial charge in [0.25, 0.3) is 5.91 Å². The first-order chi connectivity index (χ1) is 15.3. The monoisotopic (exact) mass is 448 g/mol. The van der Waals surface area contributed by atoms with Crippen molar-refractivity contribution in [1.29, 1.82) is 0 Å². The summed E-state index contributed by atoms with van der Waals surface area (Å²) in [5.74, 6) is -1.15. The van der Waals surface area contributed by atoms with Gasteiger partial charge in [-0.05, 0) is 53.9 Å². The number of amides is 2. The number of hydrogen-bond donors (Lipinski definition) is 3. The summed E-state index contributed by atoms with van der Waals surface area (Å²) in [6, 6.07) is 20.9. The minimum absolute atomic E-state index is 0.0615. The van der Waals surface area contributed by atoms with E-state index in [1.165, 1.54) is 29.5 Å². The molecule has 0 saturated carbocycles. The number of aromatic carboxylic acids is 1. The molecule has 0 heterocycles. The van der Waals surface area contributed by atoms with E-state index in [2.05, 4.69) is 24.5 Å². The highest BCUT2D eigenvalue weighted by Gasteiger charge is 2.16. The number of nitrogens with one attached hydrogen (secondary N) is 2. The fraction of sp³-hybridized carbons (Fsp3) is 0.160. The van der Waals surface area contributed by atoms with E-state index < -0.39 is 11.9 Å². The van der Waals surface area contributed by atoms with E-state index in [0.29, 0.717) is 11.6 Å². The lowest BCUT2D eigenvalue weighted by Crippen LogP contribution is -2.16. The standard InChI is InChI=1S/C25H24N2O4S/c1-16(2)17-10-12-18(13-11-17)26-23(28)15-32-20-7-5-6-19(14-20)27-24(29)21-8-3-4-9-22(21)25(30)31/h3-14,16H,15H2,1-2H3,(H,26,28)(H,27,29)(H,30,31). The van der Waals surface area contributed by atoms with Crippen LogP contribution in [0.2, 0.25) is 0 Å². The minimum atomic E-state index is -1.16. The van der Waals surface area contributed by atoms with Gasteiger partial charge in [-0.15, -0.1) is 11.8 Å². The Morgan fingerprint density at radius 1 is 0.844 bits per heavy atom. The summed E-state index contributed by atoms with van der Waals surface area (Å²) in [6.45, 7) is 4.23. The Kier molecular flexibility index (Phi) is 7.68. The van der Waals surface area contributed by atoms with Gasteiger partial charge in [-0.1, -0.05) is 44.2 Å². The number of thioether (sulfide) groups is 1. The van der Waals surface area contributed by atoms with Crippen LogP contribution in [0.1, 0.15) is 46.0 Å². The van der Waals surface area contributed by atoms with E-state index in [4.69, 9.17) is 0 Å². The molecule has 0 unspecified atom stereocenters. The van der Waals surface area contributed by atoms with Gasteiger partial charge in [0.1, 0.15) is 0 Å². The number of carboxylic acid groups (broad SMARTS) is 1. The molecule has 0 aliphatic carbocycles. The molecule has 0 radical (unpaired) electrons. The number of hydrogen-bond acceptors (Lipinski definition) is 4. The third-order valence-corrected chi connectivity index (χ3v) is 5.72. The summed E-state index contributed by atoms with van der Waals surface area (Å²) in [7, 11) is 0. The van der Waals surface area contributed by atoms with Gasteiger partial charge in [0.2, 0.25) is 5.91 Å². The molecule has 6 nitrogen and oxygen atoms in total. The van der Waals surface area contributed by atoms with E-state index in [0.717, 1.165) is 10.6 Å². The van der Waals surface area contributed by atoms with Crippen LogP contribution in [0, 0.1) is 0 Å². The zero-order valence-electron chi connectivity index (χ0n) is 17.8. The average molecular weight is 449 g/mol. The predicted molar refractivity (Wildman–Crippen MR) is 128 cm³/mol. The molecule has 0 saturated heterocycles. The van der Waals surface area contributed by atoms with Gasteiger partial charge in [-0.2, -0.15) is 0 Å². The molecule has 0 spiro atoms. The third-order valence-electron chi connectivity index (χ3n) is 4.73. The Balaban J connectivity index is 1.58. The normalized spacial score (nSPS) is 10.6. The molecule has 32 heavy (non-hydrogen) atoms. The van der Waals surface area contributed by atoms with Crippen LogP contribution in [0.3, 0.4) is 0 Å². The number of rotatable bonds is 8. The lowest BCUT2D eigenvalue weighted by Gasteiger charge is -2.10. The van der Waals surface area contributed by atoms with Crippen molar-refractivity contribution in [2.75, 3.05) is 16.4 Å².